The highest BCUT2D eigenvalue weighted by Gasteiger charge is 2.27. The van der Waals surface area contributed by atoms with E-state index in [1.54, 1.807) is 24.3 Å². The number of aliphatic imine (C=N–C) groups is 1. The van der Waals surface area contributed by atoms with Crippen LogP contribution < -0.4 is 0 Å². The molecule has 0 radical (unpaired) electrons. The molecule has 0 aromatic heterocycles. The third-order valence-electron chi connectivity index (χ3n) is 2.52. The van der Waals surface area contributed by atoms with Gasteiger partial charge < -0.3 is 0 Å². The van der Waals surface area contributed by atoms with E-state index in [4.69, 9.17) is 0 Å². The smallest absolute Gasteiger partial charge is 0.258 e. The van der Waals surface area contributed by atoms with Crippen molar-refractivity contribution in [1.82, 2.24) is 0 Å². The third kappa shape index (κ3) is 2.83. The van der Waals surface area contributed by atoms with Crippen molar-refractivity contribution in [1.29, 1.82) is 0 Å². The molecule has 7 heteroatoms. The molecule has 2 aromatic rings. The highest BCUT2D eigenvalue weighted by atomic mass is 16.6. The molecule has 20 heavy (non-hydrogen) atoms. The Bertz CT molecular complexity index is 683. The van der Waals surface area contributed by atoms with Gasteiger partial charge in [-0.25, -0.2) is 4.99 Å². The van der Waals surface area contributed by atoms with Crippen LogP contribution in [0.25, 0.3) is 0 Å². The minimum absolute atomic E-state index is 0.0481. The Hall–Kier alpha value is -3.09. The molecule has 100 valence electrons. The van der Waals surface area contributed by atoms with Crippen molar-refractivity contribution < 1.29 is 9.85 Å². The van der Waals surface area contributed by atoms with Crippen LogP contribution in [0.1, 0.15) is 5.56 Å². The first-order valence-corrected chi connectivity index (χ1v) is 5.60. The van der Waals surface area contributed by atoms with Crippen molar-refractivity contribution in [3.8, 4) is 0 Å². The number of nitro benzene ring substituents is 2. The van der Waals surface area contributed by atoms with Gasteiger partial charge in [-0.05, 0) is 11.6 Å². The lowest BCUT2D eigenvalue weighted by Crippen LogP contribution is -1.96. The Kier molecular flexibility index (Phi) is 3.80. The van der Waals surface area contributed by atoms with Gasteiger partial charge in [0.15, 0.2) is 0 Å². The average molecular weight is 271 g/mol. The molecule has 7 nitrogen and oxygen atoms in total. The molecule has 0 bridgehead atoms. The van der Waals surface area contributed by atoms with Crippen molar-refractivity contribution in [3.05, 3.63) is 74.3 Å². The number of hydrogen-bond donors (Lipinski definition) is 0. The molecule has 0 unspecified atom stereocenters. The summed E-state index contributed by atoms with van der Waals surface area (Å²) in [5.41, 5.74) is -0.483. The number of para-hydroxylation sites is 1. The van der Waals surface area contributed by atoms with E-state index in [2.05, 4.69) is 4.99 Å². The molecular formula is C13H9N3O4. The van der Waals surface area contributed by atoms with Gasteiger partial charge in [0.2, 0.25) is 0 Å². The van der Waals surface area contributed by atoms with Crippen molar-refractivity contribution >= 4 is 23.3 Å². The number of nitrogens with zero attached hydrogens (tertiary/aromatic N) is 3. The summed E-state index contributed by atoms with van der Waals surface area (Å²) >= 11 is 0. The standard InChI is InChI=1S/C13H9N3O4/c17-15(18)12-8-4-7-11(13(12)16(19)20)14-9-10-5-2-1-3-6-10/h1-9H. The van der Waals surface area contributed by atoms with E-state index in [-0.39, 0.29) is 5.69 Å². The maximum Gasteiger partial charge on any atom is 0.371 e. The van der Waals surface area contributed by atoms with E-state index in [0.717, 1.165) is 11.6 Å². The number of nitro groups is 2. The number of benzene rings is 2. The van der Waals surface area contributed by atoms with Crippen LogP contribution in [0.4, 0.5) is 17.1 Å². The molecular weight excluding hydrogens is 262 g/mol. The lowest BCUT2D eigenvalue weighted by molar-refractivity contribution is -0.421. The van der Waals surface area contributed by atoms with Crippen LogP contribution in [-0.4, -0.2) is 16.1 Å². The normalized spacial score (nSPS) is 10.6. The van der Waals surface area contributed by atoms with Crippen LogP contribution in [0.5, 0.6) is 0 Å². The van der Waals surface area contributed by atoms with Gasteiger partial charge in [0, 0.05) is 12.3 Å². The van der Waals surface area contributed by atoms with Crippen molar-refractivity contribution in [2.45, 2.75) is 0 Å². The molecule has 2 rings (SSSR count). The zero-order valence-electron chi connectivity index (χ0n) is 10.2. The lowest BCUT2D eigenvalue weighted by Gasteiger charge is -1.98. The highest BCUT2D eigenvalue weighted by molar-refractivity contribution is 5.84. The predicted molar refractivity (Wildman–Crippen MR) is 73.4 cm³/mol. The average Bonchev–Trinajstić information content (AvgIpc) is 2.45. The molecule has 0 fully saturated rings. The summed E-state index contributed by atoms with van der Waals surface area (Å²) in [6.45, 7) is 0. The molecule has 0 aliphatic carbocycles. The minimum Gasteiger partial charge on any atom is -0.258 e. The molecule has 0 aliphatic heterocycles. The zero-order chi connectivity index (χ0) is 14.5. The zero-order valence-corrected chi connectivity index (χ0v) is 10.2. The summed E-state index contributed by atoms with van der Waals surface area (Å²) in [7, 11) is 0. The van der Waals surface area contributed by atoms with Crippen molar-refractivity contribution in [2.24, 2.45) is 4.99 Å². The molecule has 0 N–H and O–H groups in total. The van der Waals surface area contributed by atoms with E-state index in [1.165, 1.54) is 18.3 Å². The van der Waals surface area contributed by atoms with Crippen LogP contribution in [-0.2, 0) is 0 Å². The second kappa shape index (κ2) is 5.70. The Morgan fingerprint density at radius 1 is 0.900 bits per heavy atom. The van der Waals surface area contributed by atoms with Crippen molar-refractivity contribution in [3.63, 3.8) is 0 Å². The van der Waals surface area contributed by atoms with E-state index in [1.807, 2.05) is 6.07 Å². The van der Waals surface area contributed by atoms with Gasteiger partial charge in [-0.1, -0.05) is 36.4 Å². The van der Waals surface area contributed by atoms with Gasteiger partial charge in [0.1, 0.15) is 5.69 Å². The second-order valence-electron chi connectivity index (χ2n) is 3.83. The van der Waals surface area contributed by atoms with E-state index in [9.17, 15) is 20.2 Å². The highest BCUT2D eigenvalue weighted by Crippen LogP contribution is 2.36. The maximum atomic E-state index is 11.0. The quantitative estimate of drug-likeness (QED) is 0.484. The summed E-state index contributed by atoms with van der Waals surface area (Å²) in [6.07, 6.45) is 1.42. The Morgan fingerprint density at radius 3 is 2.20 bits per heavy atom. The van der Waals surface area contributed by atoms with Gasteiger partial charge >= 0.3 is 11.4 Å². The van der Waals surface area contributed by atoms with Gasteiger partial charge in [-0.2, -0.15) is 0 Å². The van der Waals surface area contributed by atoms with Crippen molar-refractivity contribution in [2.75, 3.05) is 0 Å². The van der Waals surface area contributed by atoms with Gasteiger partial charge in [0.05, 0.1) is 9.85 Å². The van der Waals surface area contributed by atoms with Crippen LogP contribution >= 0.6 is 0 Å². The summed E-state index contributed by atoms with van der Waals surface area (Å²) in [4.78, 5) is 24.2. The van der Waals surface area contributed by atoms with E-state index in [0.29, 0.717) is 0 Å². The Labute approximate surface area is 113 Å². The first kappa shape index (κ1) is 13.3. The molecule has 0 aliphatic rings. The molecule has 0 saturated carbocycles. The Morgan fingerprint density at radius 2 is 1.60 bits per heavy atom. The third-order valence-corrected chi connectivity index (χ3v) is 2.52. The lowest BCUT2D eigenvalue weighted by atomic mass is 10.2. The SMILES string of the molecule is O=[N+]([O-])c1cccc(N=Cc2ccccc2)c1[N+](=O)[O-]. The number of hydrogen-bond acceptors (Lipinski definition) is 5. The molecule has 0 amide bonds. The summed E-state index contributed by atoms with van der Waals surface area (Å²) in [5.74, 6) is 0. The summed E-state index contributed by atoms with van der Waals surface area (Å²) < 4.78 is 0. The van der Waals surface area contributed by atoms with E-state index >= 15 is 0 Å². The summed E-state index contributed by atoms with van der Waals surface area (Å²) in [6, 6.07) is 12.8. The van der Waals surface area contributed by atoms with Gasteiger partial charge in [-0.15, -0.1) is 0 Å². The minimum atomic E-state index is -0.796. The summed E-state index contributed by atoms with van der Waals surface area (Å²) in [5, 5.41) is 21.8. The maximum absolute atomic E-state index is 11.0. The molecule has 0 atom stereocenters. The molecule has 2 aromatic carbocycles. The largest absolute Gasteiger partial charge is 0.371 e. The van der Waals surface area contributed by atoms with E-state index < -0.39 is 21.2 Å². The first-order chi connectivity index (χ1) is 9.59. The van der Waals surface area contributed by atoms with Crippen LogP contribution in [0.2, 0.25) is 0 Å². The molecule has 0 spiro atoms. The fourth-order valence-electron chi connectivity index (χ4n) is 1.64. The Balaban J connectivity index is 2.47. The first-order valence-electron chi connectivity index (χ1n) is 5.60. The fraction of sp³-hybridized carbons (Fsp3) is 0. The monoisotopic (exact) mass is 271 g/mol. The van der Waals surface area contributed by atoms with Gasteiger partial charge in [-0.3, -0.25) is 20.2 Å². The second-order valence-corrected chi connectivity index (χ2v) is 3.83. The van der Waals surface area contributed by atoms with Crippen LogP contribution in [0.3, 0.4) is 0 Å². The van der Waals surface area contributed by atoms with Crippen LogP contribution in [0, 0.1) is 20.2 Å². The molecule has 0 heterocycles. The number of rotatable bonds is 4. The molecule has 0 saturated heterocycles. The predicted octanol–water partition coefficient (Wildman–Crippen LogP) is 3.25. The van der Waals surface area contributed by atoms with Crippen LogP contribution in [0.15, 0.2) is 53.5 Å². The van der Waals surface area contributed by atoms with Gasteiger partial charge in [0.25, 0.3) is 0 Å². The fourth-order valence-corrected chi connectivity index (χ4v) is 1.64. The topological polar surface area (TPSA) is 98.6 Å².